The van der Waals surface area contributed by atoms with Gasteiger partial charge in [0.25, 0.3) is 5.24 Å². The third-order valence-electron chi connectivity index (χ3n) is 4.08. The van der Waals surface area contributed by atoms with Crippen LogP contribution >= 0.6 is 23.1 Å². The number of carbonyl (C=O) groups is 2. The van der Waals surface area contributed by atoms with Gasteiger partial charge in [-0.15, -0.1) is 11.3 Å². The van der Waals surface area contributed by atoms with Crippen LogP contribution in [0.5, 0.6) is 0 Å². The van der Waals surface area contributed by atoms with Gasteiger partial charge >= 0.3 is 0 Å². The number of furan rings is 1. The molecule has 0 bridgehead atoms. The van der Waals surface area contributed by atoms with Crippen LogP contribution in [-0.2, 0) is 11.3 Å². The van der Waals surface area contributed by atoms with Gasteiger partial charge in [0, 0.05) is 25.3 Å². The van der Waals surface area contributed by atoms with Crippen LogP contribution in [0.4, 0.5) is 4.79 Å². The van der Waals surface area contributed by atoms with E-state index < -0.39 is 0 Å². The molecule has 2 aromatic heterocycles. The zero-order chi connectivity index (χ0) is 17.9. The summed E-state index contributed by atoms with van der Waals surface area (Å²) in [6, 6.07) is 11.7. The molecule has 2 amide bonds. The lowest BCUT2D eigenvalue weighted by atomic mass is 10.3. The molecule has 3 heterocycles. The van der Waals surface area contributed by atoms with Crippen molar-refractivity contribution in [1.82, 2.24) is 15.2 Å². The lowest BCUT2D eigenvalue weighted by Gasteiger charge is -2.13. The fraction of sp³-hybridized carbons (Fsp3) is 0.278. The Bertz CT molecular complexity index is 917. The minimum Gasteiger partial charge on any atom is -0.457 e. The molecule has 0 saturated carbocycles. The Morgan fingerprint density at radius 1 is 1.27 bits per heavy atom. The van der Waals surface area contributed by atoms with E-state index in [4.69, 9.17) is 4.42 Å². The van der Waals surface area contributed by atoms with Crippen molar-refractivity contribution < 1.29 is 14.0 Å². The minimum absolute atomic E-state index is 0.0595. The van der Waals surface area contributed by atoms with Gasteiger partial charge in [0.1, 0.15) is 5.76 Å². The first-order chi connectivity index (χ1) is 12.7. The van der Waals surface area contributed by atoms with Crippen LogP contribution in [-0.4, -0.2) is 39.9 Å². The lowest BCUT2D eigenvalue weighted by Crippen LogP contribution is -2.30. The molecule has 1 fully saturated rings. The number of benzene rings is 1. The number of amides is 2. The maximum absolute atomic E-state index is 12.0. The van der Waals surface area contributed by atoms with E-state index in [2.05, 4.69) is 10.3 Å². The molecule has 0 aliphatic carbocycles. The molecule has 134 valence electrons. The summed E-state index contributed by atoms with van der Waals surface area (Å²) in [6.45, 7) is 1.51. The molecule has 4 rings (SSSR count). The molecular formula is C18H17N3O3S2. The topological polar surface area (TPSA) is 75.4 Å². The normalized spacial score (nSPS) is 14.3. The Kier molecular flexibility index (Phi) is 4.94. The van der Waals surface area contributed by atoms with Gasteiger partial charge in [0.2, 0.25) is 5.91 Å². The molecule has 1 aromatic carbocycles. The Labute approximate surface area is 158 Å². The number of aromatic nitrogens is 1. The number of carbonyl (C=O) groups excluding carboxylic acids is 2. The molecule has 1 N–H and O–H groups in total. The van der Waals surface area contributed by atoms with Crippen LogP contribution in [0, 0.1) is 0 Å². The first kappa shape index (κ1) is 17.1. The molecule has 8 heteroatoms. The highest BCUT2D eigenvalue weighted by atomic mass is 32.2. The highest BCUT2D eigenvalue weighted by Gasteiger charge is 2.21. The number of para-hydroxylation sites is 1. The summed E-state index contributed by atoms with van der Waals surface area (Å²) >= 11 is 2.88. The van der Waals surface area contributed by atoms with E-state index in [-0.39, 0.29) is 11.1 Å². The largest absolute Gasteiger partial charge is 0.457 e. The van der Waals surface area contributed by atoms with Crippen molar-refractivity contribution in [2.75, 3.05) is 18.8 Å². The van der Waals surface area contributed by atoms with Crippen molar-refractivity contribution in [1.29, 1.82) is 0 Å². The monoisotopic (exact) mass is 387 g/mol. The number of nitrogens with zero attached hydrogens (tertiary/aromatic N) is 2. The molecule has 1 aliphatic rings. The summed E-state index contributed by atoms with van der Waals surface area (Å²) in [4.78, 5) is 29.8. The van der Waals surface area contributed by atoms with Gasteiger partial charge in [-0.2, -0.15) is 0 Å². The van der Waals surface area contributed by atoms with Gasteiger partial charge in [-0.3, -0.25) is 9.59 Å². The average molecular weight is 387 g/mol. The van der Waals surface area contributed by atoms with E-state index in [1.54, 1.807) is 16.2 Å². The number of fused-ring (bicyclic) bond motifs is 1. The summed E-state index contributed by atoms with van der Waals surface area (Å²) in [5, 5.41) is 3.72. The van der Waals surface area contributed by atoms with Crippen molar-refractivity contribution >= 4 is 44.5 Å². The van der Waals surface area contributed by atoms with E-state index >= 15 is 0 Å². The van der Waals surface area contributed by atoms with Crippen LogP contribution in [0.3, 0.4) is 0 Å². The van der Waals surface area contributed by atoms with E-state index in [9.17, 15) is 9.59 Å². The fourth-order valence-electron chi connectivity index (χ4n) is 2.70. The Morgan fingerprint density at radius 2 is 2.15 bits per heavy atom. The summed E-state index contributed by atoms with van der Waals surface area (Å²) in [7, 11) is 0. The van der Waals surface area contributed by atoms with E-state index in [0.717, 1.165) is 27.5 Å². The van der Waals surface area contributed by atoms with Gasteiger partial charge in [0.05, 0.1) is 16.8 Å². The summed E-state index contributed by atoms with van der Waals surface area (Å²) in [5.41, 5.74) is 0.952. The van der Waals surface area contributed by atoms with Gasteiger partial charge in [-0.05, 0) is 24.3 Å². The van der Waals surface area contributed by atoms with Crippen LogP contribution in [0.1, 0.15) is 12.2 Å². The number of hydrogen-bond acceptors (Lipinski definition) is 6. The van der Waals surface area contributed by atoms with Crippen molar-refractivity contribution in [2.24, 2.45) is 0 Å². The van der Waals surface area contributed by atoms with E-state index in [0.29, 0.717) is 31.0 Å². The van der Waals surface area contributed by atoms with Gasteiger partial charge in [0.15, 0.2) is 10.8 Å². The van der Waals surface area contributed by atoms with Crippen LogP contribution < -0.4 is 5.32 Å². The molecule has 6 nitrogen and oxygen atoms in total. The number of thioether (sulfide) groups is 1. The molecule has 26 heavy (non-hydrogen) atoms. The molecule has 1 saturated heterocycles. The Balaban J connectivity index is 1.32. The smallest absolute Gasteiger partial charge is 0.281 e. The quantitative estimate of drug-likeness (QED) is 0.697. The Morgan fingerprint density at radius 3 is 2.96 bits per heavy atom. The maximum Gasteiger partial charge on any atom is 0.281 e. The minimum atomic E-state index is -0.0902. The van der Waals surface area contributed by atoms with Crippen molar-refractivity contribution in [3.63, 3.8) is 0 Å². The molecule has 0 spiro atoms. The molecule has 3 aromatic rings. The maximum atomic E-state index is 12.0. The van der Waals surface area contributed by atoms with E-state index in [1.165, 1.54) is 11.8 Å². The number of rotatable bonds is 6. The van der Waals surface area contributed by atoms with Crippen molar-refractivity contribution in [3.05, 3.63) is 42.2 Å². The number of thiazole rings is 1. The van der Waals surface area contributed by atoms with Gasteiger partial charge in [-0.1, -0.05) is 23.9 Å². The zero-order valence-corrected chi connectivity index (χ0v) is 15.6. The zero-order valence-electron chi connectivity index (χ0n) is 13.9. The van der Waals surface area contributed by atoms with Crippen LogP contribution in [0.25, 0.3) is 21.0 Å². The second-order valence-electron chi connectivity index (χ2n) is 5.88. The molecule has 0 unspecified atom stereocenters. The van der Waals surface area contributed by atoms with Crippen molar-refractivity contribution in [2.45, 2.75) is 13.0 Å². The van der Waals surface area contributed by atoms with Crippen LogP contribution in [0.15, 0.2) is 40.8 Å². The second-order valence-corrected chi connectivity index (χ2v) is 7.96. The predicted molar refractivity (Wildman–Crippen MR) is 103 cm³/mol. The lowest BCUT2D eigenvalue weighted by molar-refractivity contribution is -0.121. The number of nitrogens with one attached hydrogen (secondary N) is 1. The fourth-order valence-corrected chi connectivity index (χ4v) is 4.48. The second kappa shape index (κ2) is 7.51. The first-order valence-corrected chi connectivity index (χ1v) is 10.1. The predicted octanol–water partition coefficient (Wildman–Crippen LogP) is 3.73. The third-order valence-corrected chi connectivity index (χ3v) is 6.02. The van der Waals surface area contributed by atoms with Crippen molar-refractivity contribution in [3.8, 4) is 10.8 Å². The van der Waals surface area contributed by atoms with E-state index in [1.807, 2.05) is 36.4 Å². The van der Waals surface area contributed by atoms with Crippen LogP contribution in [0.2, 0.25) is 0 Å². The Hall–Kier alpha value is -2.32. The van der Waals surface area contributed by atoms with Gasteiger partial charge in [-0.25, -0.2) is 4.98 Å². The average Bonchev–Trinajstić information content (AvgIpc) is 3.37. The van der Waals surface area contributed by atoms with Gasteiger partial charge < -0.3 is 14.6 Å². The summed E-state index contributed by atoms with van der Waals surface area (Å²) < 4.78 is 6.92. The molecule has 0 radical (unpaired) electrons. The molecular weight excluding hydrogens is 370 g/mol. The molecule has 0 atom stereocenters. The number of hydrogen-bond donors (Lipinski definition) is 1. The molecule has 1 aliphatic heterocycles. The summed E-state index contributed by atoms with van der Waals surface area (Å²) in [6.07, 6.45) is 0.303. The SMILES string of the molecule is O=C(CCN1CCSC1=O)NCc1ccc(-c2nc3ccccc3s2)o1. The highest BCUT2D eigenvalue weighted by molar-refractivity contribution is 8.13. The standard InChI is InChI=1S/C18H17N3O3S2/c22-16(7-8-21-9-10-25-18(21)23)19-11-12-5-6-14(24-12)17-20-13-3-1-2-4-15(13)26-17/h1-6H,7-11H2,(H,19,22). The third kappa shape index (κ3) is 3.76. The first-order valence-electron chi connectivity index (χ1n) is 8.32. The highest BCUT2D eigenvalue weighted by Crippen LogP contribution is 2.31. The summed E-state index contributed by atoms with van der Waals surface area (Å²) in [5.74, 6) is 2.10.